The first-order chi connectivity index (χ1) is 12.1. The number of unbranched alkanes of at least 4 members (excludes halogenated alkanes) is 3. The number of nitrogens with one attached hydrogen (secondary N) is 1. The van der Waals surface area contributed by atoms with Crippen molar-refractivity contribution in [1.29, 1.82) is 0 Å². The largest absolute Gasteiger partial charge is 0.386 e. The molecule has 1 aliphatic heterocycles. The monoisotopic (exact) mass is 347 g/mol. The zero-order valence-corrected chi connectivity index (χ0v) is 15.0. The van der Waals surface area contributed by atoms with Crippen molar-refractivity contribution in [3.05, 3.63) is 30.1 Å². The molecule has 2 N–H and O–H groups in total. The fourth-order valence-corrected chi connectivity index (χ4v) is 3.12. The smallest absolute Gasteiger partial charge is 0.248 e. The lowest BCUT2D eigenvalue weighted by molar-refractivity contribution is -0.139. The Bertz CT molecular complexity index is 544. The van der Waals surface area contributed by atoms with Gasteiger partial charge in [0.05, 0.1) is 0 Å². The first kappa shape index (κ1) is 19.4. The van der Waals surface area contributed by atoms with Gasteiger partial charge in [0.2, 0.25) is 11.8 Å². The van der Waals surface area contributed by atoms with E-state index in [1.54, 1.807) is 29.4 Å². The van der Waals surface area contributed by atoms with E-state index in [1.165, 1.54) is 0 Å². The van der Waals surface area contributed by atoms with Gasteiger partial charge in [-0.15, -0.1) is 0 Å². The molecule has 2 amide bonds. The van der Waals surface area contributed by atoms with Crippen molar-refractivity contribution in [2.24, 2.45) is 0 Å². The van der Waals surface area contributed by atoms with Crippen LogP contribution in [0.3, 0.4) is 0 Å². The van der Waals surface area contributed by atoms with Crippen LogP contribution in [0.1, 0.15) is 63.5 Å². The zero-order chi connectivity index (χ0) is 18.1. The molecule has 1 aliphatic rings. The number of nitrogens with zero attached hydrogens (tertiary/aromatic N) is 2. The highest BCUT2D eigenvalue weighted by Crippen LogP contribution is 2.20. The topological polar surface area (TPSA) is 82.5 Å². The van der Waals surface area contributed by atoms with Crippen molar-refractivity contribution >= 4 is 11.8 Å². The molecule has 0 aliphatic carbocycles. The number of carbonyl (C=O) groups is 2. The van der Waals surface area contributed by atoms with E-state index in [0.29, 0.717) is 25.1 Å². The average molecular weight is 347 g/mol. The first-order valence-corrected chi connectivity index (χ1v) is 9.29. The van der Waals surface area contributed by atoms with Gasteiger partial charge in [0, 0.05) is 31.9 Å². The second kappa shape index (κ2) is 10.1. The molecule has 0 spiro atoms. The van der Waals surface area contributed by atoms with Crippen LogP contribution in [0.4, 0.5) is 0 Å². The molecular weight excluding hydrogens is 318 g/mol. The lowest BCUT2D eigenvalue weighted by Gasteiger charge is -2.28. The molecule has 138 valence electrons. The molecule has 0 radical (unpaired) electrons. The predicted molar refractivity (Wildman–Crippen MR) is 95.7 cm³/mol. The fourth-order valence-electron chi connectivity index (χ4n) is 3.12. The Morgan fingerprint density at radius 2 is 1.88 bits per heavy atom. The highest BCUT2D eigenvalue weighted by molar-refractivity contribution is 5.88. The van der Waals surface area contributed by atoms with Crippen LogP contribution < -0.4 is 5.32 Å². The summed E-state index contributed by atoms with van der Waals surface area (Å²) in [6, 6.07) is 2.39. The first-order valence-electron chi connectivity index (χ1n) is 9.29. The Balaban J connectivity index is 2.03. The molecule has 6 heteroatoms. The summed E-state index contributed by atoms with van der Waals surface area (Å²) in [6.07, 6.45) is 8.40. The third-order valence-electron chi connectivity index (χ3n) is 4.62. The molecule has 1 aromatic rings. The van der Waals surface area contributed by atoms with Crippen molar-refractivity contribution in [1.82, 2.24) is 15.2 Å². The molecule has 1 unspecified atom stereocenters. The predicted octanol–water partition coefficient (Wildman–Crippen LogP) is 2.19. The number of aliphatic hydroxyl groups is 1. The van der Waals surface area contributed by atoms with Crippen LogP contribution in [0.25, 0.3) is 0 Å². The molecule has 1 aromatic heterocycles. The van der Waals surface area contributed by atoms with E-state index >= 15 is 0 Å². The molecule has 0 bridgehead atoms. The number of pyridine rings is 1. The van der Waals surface area contributed by atoms with Crippen LogP contribution in [0.15, 0.2) is 24.5 Å². The van der Waals surface area contributed by atoms with E-state index in [2.05, 4.69) is 17.2 Å². The van der Waals surface area contributed by atoms with Crippen LogP contribution in [0.2, 0.25) is 0 Å². The number of hydrogen-bond donors (Lipinski definition) is 2. The summed E-state index contributed by atoms with van der Waals surface area (Å²) in [5.74, 6) is -0.384. The number of amides is 2. The Morgan fingerprint density at radius 1 is 1.20 bits per heavy atom. The summed E-state index contributed by atoms with van der Waals surface area (Å²) in [4.78, 5) is 30.7. The summed E-state index contributed by atoms with van der Waals surface area (Å²) in [5, 5.41) is 13.4. The van der Waals surface area contributed by atoms with Gasteiger partial charge < -0.3 is 15.3 Å². The maximum atomic E-state index is 12.8. The van der Waals surface area contributed by atoms with Crippen LogP contribution in [-0.4, -0.2) is 45.9 Å². The Labute approximate surface area is 149 Å². The molecule has 2 heterocycles. The van der Waals surface area contributed by atoms with Gasteiger partial charge in [0.15, 0.2) is 0 Å². The quantitative estimate of drug-likeness (QED) is 0.671. The van der Waals surface area contributed by atoms with Gasteiger partial charge in [-0.2, -0.15) is 0 Å². The van der Waals surface area contributed by atoms with Gasteiger partial charge in [-0.25, -0.2) is 0 Å². The summed E-state index contributed by atoms with van der Waals surface area (Å²) >= 11 is 0. The highest BCUT2D eigenvalue weighted by Gasteiger charge is 2.33. The van der Waals surface area contributed by atoms with Crippen LogP contribution >= 0.6 is 0 Å². The summed E-state index contributed by atoms with van der Waals surface area (Å²) in [7, 11) is 0. The minimum Gasteiger partial charge on any atom is -0.386 e. The molecule has 2 atom stereocenters. The van der Waals surface area contributed by atoms with E-state index in [4.69, 9.17) is 0 Å². The van der Waals surface area contributed by atoms with Gasteiger partial charge >= 0.3 is 0 Å². The van der Waals surface area contributed by atoms with E-state index in [0.717, 1.165) is 38.5 Å². The SMILES string of the molecule is CCCCCCC(=O)N[C@@H](C(=O)N1CCCC1)C(O)c1ccncc1. The van der Waals surface area contributed by atoms with Crippen molar-refractivity contribution < 1.29 is 14.7 Å². The van der Waals surface area contributed by atoms with Crippen molar-refractivity contribution in [3.63, 3.8) is 0 Å². The van der Waals surface area contributed by atoms with Crippen molar-refractivity contribution in [2.75, 3.05) is 13.1 Å². The fraction of sp³-hybridized carbons (Fsp3) is 0.632. The molecule has 1 saturated heterocycles. The lowest BCUT2D eigenvalue weighted by Crippen LogP contribution is -2.51. The van der Waals surface area contributed by atoms with Crippen molar-refractivity contribution in [2.45, 2.75) is 64.0 Å². The molecule has 2 rings (SSSR count). The summed E-state index contributed by atoms with van der Waals surface area (Å²) in [5.41, 5.74) is 0.582. The molecule has 0 aromatic carbocycles. The van der Waals surface area contributed by atoms with E-state index in [1.807, 2.05) is 0 Å². The third-order valence-corrected chi connectivity index (χ3v) is 4.62. The summed E-state index contributed by atoms with van der Waals surface area (Å²) < 4.78 is 0. The second-order valence-corrected chi connectivity index (χ2v) is 6.61. The average Bonchev–Trinajstić information content (AvgIpc) is 3.18. The number of carbonyl (C=O) groups excluding carboxylic acids is 2. The lowest BCUT2D eigenvalue weighted by atomic mass is 10.0. The van der Waals surface area contributed by atoms with Crippen LogP contribution in [-0.2, 0) is 9.59 Å². The van der Waals surface area contributed by atoms with Gasteiger partial charge in [-0.05, 0) is 37.0 Å². The molecule has 0 saturated carbocycles. The second-order valence-electron chi connectivity index (χ2n) is 6.61. The standard InChI is InChI=1S/C19H29N3O3/c1-2-3-4-5-8-16(23)21-17(19(25)22-13-6-7-14-22)18(24)15-9-11-20-12-10-15/h9-12,17-18,24H,2-8,13-14H2,1H3,(H,21,23)/t17-,18?/m1/s1. The highest BCUT2D eigenvalue weighted by atomic mass is 16.3. The molecule has 25 heavy (non-hydrogen) atoms. The number of hydrogen-bond acceptors (Lipinski definition) is 4. The van der Waals surface area contributed by atoms with E-state index in [-0.39, 0.29) is 11.8 Å². The molecular formula is C19H29N3O3. The number of likely N-dealkylation sites (tertiary alicyclic amines) is 1. The zero-order valence-electron chi connectivity index (χ0n) is 15.0. The minimum absolute atomic E-state index is 0.179. The van der Waals surface area contributed by atoms with Gasteiger partial charge in [0.1, 0.15) is 12.1 Å². The normalized spacial score (nSPS) is 16.5. The van der Waals surface area contributed by atoms with E-state index < -0.39 is 12.1 Å². The molecule has 6 nitrogen and oxygen atoms in total. The van der Waals surface area contributed by atoms with Crippen molar-refractivity contribution in [3.8, 4) is 0 Å². The Kier molecular flexibility index (Phi) is 7.85. The molecule has 1 fully saturated rings. The van der Waals surface area contributed by atoms with E-state index in [9.17, 15) is 14.7 Å². The van der Waals surface area contributed by atoms with Gasteiger partial charge in [-0.3, -0.25) is 14.6 Å². The number of aliphatic hydroxyl groups excluding tert-OH is 1. The number of aromatic nitrogens is 1. The van der Waals surface area contributed by atoms with Gasteiger partial charge in [0.25, 0.3) is 0 Å². The minimum atomic E-state index is -1.07. The summed E-state index contributed by atoms with van der Waals surface area (Å²) in [6.45, 7) is 3.49. The van der Waals surface area contributed by atoms with Gasteiger partial charge in [-0.1, -0.05) is 26.2 Å². The third kappa shape index (κ3) is 5.81. The van der Waals surface area contributed by atoms with Crippen LogP contribution in [0, 0.1) is 0 Å². The Hall–Kier alpha value is -1.95. The number of rotatable bonds is 9. The maximum absolute atomic E-state index is 12.8. The van der Waals surface area contributed by atoms with Crippen LogP contribution in [0.5, 0.6) is 0 Å². The maximum Gasteiger partial charge on any atom is 0.248 e. The Morgan fingerprint density at radius 3 is 2.52 bits per heavy atom.